The lowest BCUT2D eigenvalue weighted by Crippen LogP contribution is -2.09. The van der Waals surface area contributed by atoms with Crippen LogP contribution in [0.1, 0.15) is 38.0 Å². The summed E-state index contributed by atoms with van der Waals surface area (Å²) >= 11 is 1.50. The highest BCUT2D eigenvalue weighted by atomic mass is 32.1. The molecule has 86 valence electrons. The molecule has 0 bridgehead atoms. The summed E-state index contributed by atoms with van der Waals surface area (Å²) in [5.41, 5.74) is 7.52. The molecule has 1 fully saturated rings. The zero-order chi connectivity index (χ0) is 11.0. The van der Waals surface area contributed by atoms with E-state index in [9.17, 15) is 0 Å². The molecule has 2 N–H and O–H groups in total. The molecular weight excluding hydrogens is 220 g/mol. The molecule has 1 saturated carbocycles. The molecule has 2 aromatic heterocycles. The minimum atomic E-state index is 0.748. The van der Waals surface area contributed by atoms with Crippen LogP contribution in [-0.4, -0.2) is 4.98 Å². The van der Waals surface area contributed by atoms with Crippen LogP contribution in [0.15, 0.2) is 9.80 Å². The van der Waals surface area contributed by atoms with Gasteiger partial charge in [0.15, 0.2) is 11.5 Å². The maximum absolute atomic E-state index is 5.81. The van der Waals surface area contributed by atoms with Gasteiger partial charge >= 0.3 is 0 Å². The summed E-state index contributed by atoms with van der Waals surface area (Å²) in [5.74, 6) is 1.64. The third-order valence-electron chi connectivity index (χ3n) is 3.41. The second kappa shape index (κ2) is 4.09. The SMILES string of the molecule is Nc1scc2nc(CC3CCCCC3)oc12. The van der Waals surface area contributed by atoms with Gasteiger partial charge in [-0.25, -0.2) is 4.98 Å². The van der Waals surface area contributed by atoms with Crippen molar-refractivity contribution in [1.29, 1.82) is 0 Å². The Morgan fingerprint density at radius 3 is 2.94 bits per heavy atom. The molecule has 2 aromatic rings. The van der Waals surface area contributed by atoms with Gasteiger partial charge in [0, 0.05) is 11.8 Å². The molecule has 16 heavy (non-hydrogen) atoms. The fourth-order valence-electron chi connectivity index (χ4n) is 2.53. The molecule has 0 amide bonds. The Balaban J connectivity index is 1.78. The zero-order valence-electron chi connectivity index (χ0n) is 9.24. The maximum Gasteiger partial charge on any atom is 0.195 e. The number of oxazole rings is 1. The predicted molar refractivity (Wildman–Crippen MR) is 66.6 cm³/mol. The molecule has 3 rings (SSSR count). The summed E-state index contributed by atoms with van der Waals surface area (Å²) in [7, 11) is 0. The van der Waals surface area contributed by atoms with Crippen molar-refractivity contribution in [2.45, 2.75) is 38.5 Å². The van der Waals surface area contributed by atoms with Gasteiger partial charge in [0.2, 0.25) is 0 Å². The first-order valence-corrected chi connectivity index (χ1v) is 6.83. The minimum absolute atomic E-state index is 0.748. The van der Waals surface area contributed by atoms with Gasteiger partial charge in [-0.1, -0.05) is 19.3 Å². The number of fused-ring (bicyclic) bond motifs is 1. The van der Waals surface area contributed by atoms with Crippen LogP contribution in [0.25, 0.3) is 11.1 Å². The third-order valence-corrected chi connectivity index (χ3v) is 4.19. The Hall–Kier alpha value is -1.03. The second-order valence-corrected chi connectivity index (χ2v) is 5.54. The Labute approximate surface area is 98.7 Å². The number of rotatable bonds is 2. The van der Waals surface area contributed by atoms with Gasteiger partial charge in [0.05, 0.1) is 0 Å². The number of thiophene rings is 1. The second-order valence-electron chi connectivity index (χ2n) is 4.63. The first kappa shape index (κ1) is 10.1. The van der Waals surface area contributed by atoms with Crippen molar-refractivity contribution in [1.82, 2.24) is 4.98 Å². The fraction of sp³-hybridized carbons (Fsp3) is 0.583. The lowest BCUT2D eigenvalue weighted by Gasteiger charge is -2.19. The molecule has 0 unspecified atom stereocenters. The van der Waals surface area contributed by atoms with Crippen molar-refractivity contribution in [2.24, 2.45) is 5.92 Å². The molecule has 0 aliphatic heterocycles. The van der Waals surface area contributed by atoms with Gasteiger partial charge in [-0.15, -0.1) is 11.3 Å². The predicted octanol–water partition coefficient (Wildman–Crippen LogP) is 3.59. The van der Waals surface area contributed by atoms with E-state index < -0.39 is 0 Å². The molecule has 0 saturated heterocycles. The monoisotopic (exact) mass is 236 g/mol. The van der Waals surface area contributed by atoms with Crippen molar-refractivity contribution < 1.29 is 4.42 Å². The van der Waals surface area contributed by atoms with Crippen molar-refractivity contribution in [2.75, 3.05) is 5.73 Å². The highest BCUT2D eigenvalue weighted by Crippen LogP contribution is 2.31. The highest BCUT2D eigenvalue weighted by Gasteiger charge is 2.18. The number of anilines is 1. The van der Waals surface area contributed by atoms with E-state index in [-0.39, 0.29) is 0 Å². The van der Waals surface area contributed by atoms with Crippen LogP contribution >= 0.6 is 11.3 Å². The van der Waals surface area contributed by atoms with Crippen LogP contribution in [0.4, 0.5) is 5.00 Å². The Kier molecular flexibility index (Phi) is 2.59. The number of nitrogens with two attached hydrogens (primary N) is 1. The minimum Gasteiger partial charge on any atom is -0.438 e. The summed E-state index contributed by atoms with van der Waals surface area (Å²) in [4.78, 5) is 4.49. The number of nitrogens with zero attached hydrogens (tertiary/aromatic N) is 1. The topological polar surface area (TPSA) is 52.0 Å². The van der Waals surface area contributed by atoms with Crippen LogP contribution in [0.5, 0.6) is 0 Å². The highest BCUT2D eigenvalue weighted by molar-refractivity contribution is 7.15. The quantitative estimate of drug-likeness (QED) is 0.866. The molecule has 3 nitrogen and oxygen atoms in total. The van der Waals surface area contributed by atoms with Crippen molar-refractivity contribution in [3.05, 3.63) is 11.3 Å². The van der Waals surface area contributed by atoms with Gasteiger partial charge in [0.1, 0.15) is 10.5 Å². The summed E-state index contributed by atoms with van der Waals surface area (Å²) < 4.78 is 5.72. The van der Waals surface area contributed by atoms with E-state index in [0.29, 0.717) is 0 Å². The number of aromatic nitrogens is 1. The normalized spacial score (nSPS) is 18.2. The number of hydrogen-bond donors (Lipinski definition) is 1. The van der Waals surface area contributed by atoms with Crippen LogP contribution < -0.4 is 5.73 Å². The summed E-state index contributed by atoms with van der Waals surface area (Å²) in [6, 6.07) is 0. The molecule has 2 heterocycles. The van der Waals surface area contributed by atoms with Gasteiger partial charge < -0.3 is 10.2 Å². The largest absolute Gasteiger partial charge is 0.438 e. The summed E-state index contributed by atoms with van der Waals surface area (Å²) in [5, 5.41) is 2.72. The fourth-order valence-corrected chi connectivity index (χ4v) is 3.18. The molecule has 1 aliphatic rings. The van der Waals surface area contributed by atoms with Crippen LogP contribution in [0.3, 0.4) is 0 Å². The van der Waals surface area contributed by atoms with E-state index in [1.165, 1.54) is 43.4 Å². The molecule has 0 aromatic carbocycles. The van der Waals surface area contributed by atoms with E-state index >= 15 is 0 Å². The van der Waals surface area contributed by atoms with E-state index in [0.717, 1.165) is 34.3 Å². The third kappa shape index (κ3) is 1.82. The molecule has 0 spiro atoms. The first-order chi connectivity index (χ1) is 7.83. The Bertz CT molecular complexity index is 482. The zero-order valence-corrected chi connectivity index (χ0v) is 10.1. The van der Waals surface area contributed by atoms with Crippen LogP contribution in [0.2, 0.25) is 0 Å². The van der Waals surface area contributed by atoms with Gasteiger partial charge in [-0.05, 0) is 18.8 Å². The Morgan fingerprint density at radius 1 is 1.38 bits per heavy atom. The standard InChI is InChI=1S/C12H16N2OS/c13-12-11-9(7-16-12)14-10(15-11)6-8-4-2-1-3-5-8/h7-8H,1-6,13H2. The van der Waals surface area contributed by atoms with E-state index in [4.69, 9.17) is 10.2 Å². The molecular formula is C12H16N2OS. The van der Waals surface area contributed by atoms with Gasteiger partial charge in [-0.2, -0.15) is 0 Å². The summed E-state index contributed by atoms with van der Waals surface area (Å²) in [6.45, 7) is 0. The Morgan fingerprint density at radius 2 is 2.19 bits per heavy atom. The van der Waals surface area contributed by atoms with Crippen molar-refractivity contribution in [3.8, 4) is 0 Å². The van der Waals surface area contributed by atoms with E-state index in [1.54, 1.807) is 0 Å². The first-order valence-electron chi connectivity index (χ1n) is 5.95. The average molecular weight is 236 g/mol. The van der Waals surface area contributed by atoms with E-state index in [2.05, 4.69) is 4.98 Å². The number of hydrogen-bond acceptors (Lipinski definition) is 4. The molecule has 4 heteroatoms. The molecule has 1 aliphatic carbocycles. The smallest absolute Gasteiger partial charge is 0.195 e. The van der Waals surface area contributed by atoms with Crippen LogP contribution in [0, 0.1) is 5.92 Å². The molecule has 0 radical (unpaired) electrons. The average Bonchev–Trinajstić information content (AvgIpc) is 2.83. The van der Waals surface area contributed by atoms with E-state index in [1.807, 2.05) is 5.38 Å². The van der Waals surface area contributed by atoms with Crippen molar-refractivity contribution in [3.63, 3.8) is 0 Å². The summed E-state index contributed by atoms with van der Waals surface area (Å²) in [6.07, 6.45) is 7.75. The van der Waals surface area contributed by atoms with Crippen LogP contribution in [-0.2, 0) is 6.42 Å². The van der Waals surface area contributed by atoms with Crippen molar-refractivity contribution >= 4 is 27.4 Å². The van der Waals surface area contributed by atoms with Gasteiger partial charge in [-0.3, -0.25) is 0 Å². The molecule has 0 atom stereocenters. The lowest BCUT2D eigenvalue weighted by molar-refractivity contribution is 0.333. The number of nitrogen functional groups attached to an aromatic ring is 1. The maximum atomic E-state index is 5.81. The lowest BCUT2D eigenvalue weighted by atomic mass is 9.87. The van der Waals surface area contributed by atoms with Gasteiger partial charge in [0.25, 0.3) is 0 Å².